The van der Waals surface area contributed by atoms with Gasteiger partial charge < -0.3 is 0 Å². The predicted molar refractivity (Wildman–Crippen MR) is 90.0 cm³/mol. The van der Waals surface area contributed by atoms with Gasteiger partial charge in [0, 0.05) is 11.9 Å². The fourth-order valence-electron chi connectivity index (χ4n) is 2.82. The number of fused-ring (bicyclic) bond motifs is 3. The first-order valence-corrected chi connectivity index (χ1v) is 8.87. The van der Waals surface area contributed by atoms with E-state index in [2.05, 4.69) is 9.97 Å². The van der Waals surface area contributed by atoms with Crippen molar-refractivity contribution >= 4 is 33.3 Å². The zero-order chi connectivity index (χ0) is 16.0. The van der Waals surface area contributed by atoms with Gasteiger partial charge in [-0.2, -0.15) is 5.26 Å². The van der Waals surface area contributed by atoms with Crippen LogP contribution in [0.1, 0.15) is 22.6 Å². The Morgan fingerprint density at radius 3 is 3.04 bits per heavy atom. The lowest BCUT2D eigenvalue weighted by atomic mass is 10.2. The van der Waals surface area contributed by atoms with Gasteiger partial charge in [-0.1, -0.05) is 6.07 Å². The SMILES string of the molecule is Cn1c(Sc2cccc(C#N)n2)nc2sc3c(c2c1=O)CCC3. The maximum absolute atomic E-state index is 12.7. The first kappa shape index (κ1) is 14.4. The largest absolute Gasteiger partial charge is 0.290 e. The van der Waals surface area contributed by atoms with E-state index in [0.29, 0.717) is 15.9 Å². The Morgan fingerprint density at radius 1 is 1.35 bits per heavy atom. The number of nitrogens with zero attached hydrogens (tertiary/aromatic N) is 4. The van der Waals surface area contributed by atoms with Gasteiger partial charge in [-0.3, -0.25) is 9.36 Å². The molecule has 0 bridgehead atoms. The lowest BCUT2D eigenvalue weighted by molar-refractivity contribution is 0.726. The van der Waals surface area contributed by atoms with E-state index in [1.807, 2.05) is 12.1 Å². The third kappa shape index (κ3) is 2.35. The Bertz CT molecular complexity index is 1030. The van der Waals surface area contributed by atoms with Gasteiger partial charge >= 0.3 is 0 Å². The van der Waals surface area contributed by atoms with Gasteiger partial charge in [0.25, 0.3) is 5.56 Å². The number of rotatable bonds is 2. The Morgan fingerprint density at radius 2 is 2.22 bits per heavy atom. The van der Waals surface area contributed by atoms with E-state index < -0.39 is 0 Å². The molecule has 0 unspecified atom stereocenters. The highest BCUT2D eigenvalue weighted by Crippen LogP contribution is 2.36. The van der Waals surface area contributed by atoms with E-state index in [1.54, 1.807) is 35.1 Å². The molecule has 0 spiro atoms. The molecule has 7 heteroatoms. The number of hydrogen-bond donors (Lipinski definition) is 0. The molecule has 114 valence electrons. The normalized spacial score (nSPS) is 13.2. The van der Waals surface area contributed by atoms with E-state index in [9.17, 15) is 4.79 Å². The van der Waals surface area contributed by atoms with Crippen LogP contribution < -0.4 is 5.56 Å². The van der Waals surface area contributed by atoms with Gasteiger partial charge in [0.2, 0.25) is 0 Å². The minimum atomic E-state index is 0.00772. The highest BCUT2D eigenvalue weighted by molar-refractivity contribution is 7.99. The van der Waals surface area contributed by atoms with Crippen LogP contribution in [-0.4, -0.2) is 14.5 Å². The fraction of sp³-hybridized carbons (Fsp3) is 0.250. The van der Waals surface area contributed by atoms with Crippen LogP contribution in [0.15, 0.2) is 33.2 Å². The summed E-state index contributed by atoms with van der Waals surface area (Å²) >= 11 is 2.94. The summed E-state index contributed by atoms with van der Waals surface area (Å²) in [6.45, 7) is 0. The molecule has 0 radical (unpaired) electrons. The monoisotopic (exact) mass is 340 g/mol. The summed E-state index contributed by atoms with van der Waals surface area (Å²) < 4.78 is 1.58. The molecule has 0 aromatic carbocycles. The minimum Gasteiger partial charge on any atom is -0.290 e. The van der Waals surface area contributed by atoms with Crippen molar-refractivity contribution in [2.24, 2.45) is 7.05 Å². The summed E-state index contributed by atoms with van der Waals surface area (Å²) in [5, 5.41) is 11.0. The second-order valence-corrected chi connectivity index (χ2v) is 7.44. The summed E-state index contributed by atoms with van der Waals surface area (Å²) in [4.78, 5) is 23.8. The van der Waals surface area contributed by atoms with E-state index in [1.165, 1.54) is 22.2 Å². The zero-order valence-corrected chi connectivity index (χ0v) is 14.0. The number of aromatic nitrogens is 3. The van der Waals surface area contributed by atoms with Crippen LogP contribution in [0.4, 0.5) is 0 Å². The third-order valence-electron chi connectivity index (χ3n) is 3.94. The summed E-state index contributed by atoms with van der Waals surface area (Å²) in [5.74, 6) is 0. The van der Waals surface area contributed by atoms with Crippen molar-refractivity contribution in [3.05, 3.63) is 44.7 Å². The Labute approximate surface area is 140 Å². The molecular formula is C16H12N4OS2. The molecule has 3 aromatic heterocycles. The minimum absolute atomic E-state index is 0.00772. The highest BCUT2D eigenvalue weighted by Gasteiger charge is 2.22. The molecule has 0 saturated carbocycles. The molecule has 0 saturated heterocycles. The van der Waals surface area contributed by atoms with Crippen LogP contribution in [0.3, 0.4) is 0 Å². The summed E-state index contributed by atoms with van der Waals surface area (Å²) in [6, 6.07) is 7.28. The van der Waals surface area contributed by atoms with Crippen molar-refractivity contribution in [2.45, 2.75) is 29.4 Å². The second-order valence-electron chi connectivity index (χ2n) is 5.37. The molecule has 0 amide bonds. The lowest BCUT2D eigenvalue weighted by Gasteiger charge is -2.07. The standard InChI is InChI=1S/C16H12N4OS2/c1-20-15(21)13-10-5-3-6-11(10)22-14(13)19-16(20)23-12-7-2-4-9(8-17)18-12/h2,4,7H,3,5-6H2,1H3. The van der Waals surface area contributed by atoms with Crippen LogP contribution in [-0.2, 0) is 19.9 Å². The van der Waals surface area contributed by atoms with Crippen molar-refractivity contribution in [1.82, 2.24) is 14.5 Å². The molecular weight excluding hydrogens is 328 g/mol. The maximum atomic E-state index is 12.7. The first-order valence-electron chi connectivity index (χ1n) is 7.23. The lowest BCUT2D eigenvalue weighted by Crippen LogP contribution is -2.20. The quantitative estimate of drug-likeness (QED) is 0.671. The number of nitriles is 1. The topological polar surface area (TPSA) is 71.6 Å². The van der Waals surface area contributed by atoms with Crippen LogP contribution in [0.25, 0.3) is 10.2 Å². The van der Waals surface area contributed by atoms with Crippen LogP contribution in [0.2, 0.25) is 0 Å². The number of pyridine rings is 1. The molecule has 4 rings (SSSR count). The average molecular weight is 340 g/mol. The molecule has 0 aliphatic heterocycles. The van der Waals surface area contributed by atoms with E-state index in [0.717, 1.165) is 29.5 Å². The molecule has 1 aliphatic rings. The first-order chi connectivity index (χ1) is 11.2. The molecule has 3 aromatic rings. The van der Waals surface area contributed by atoms with Gasteiger partial charge in [-0.05, 0) is 48.7 Å². The Kier molecular flexibility index (Phi) is 3.43. The van der Waals surface area contributed by atoms with E-state index in [-0.39, 0.29) is 5.56 Å². The van der Waals surface area contributed by atoms with Crippen LogP contribution >= 0.6 is 23.1 Å². The van der Waals surface area contributed by atoms with E-state index in [4.69, 9.17) is 5.26 Å². The molecule has 1 aliphatic carbocycles. The summed E-state index contributed by atoms with van der Waals surface area (Å²) in [6.07, 6.45) is 3.15. The van der Waals surface area contributed by atoms with Gasteiger partial charge in [-0.25, -0.2) is 9.97 Å². The molecule has 0 atom stereocenters. The molecule has 3 heterocycles. The van der Waals surface area contributed by atoms with Gasteiger partial charge in [0.05, 0.1) is 5.39 Å². The molecule has 0 fully saturated rings. The van der Waals surface area contributed by atoms with Crippen molar-refractivity contribution in [3.8, 4) is 6.07 Å². The highest BCUT2D eigenvalue weighted by atomic mass is 32.2. The van der Waals surface area contributed by atoms with E-state index >= 15 is 0 Å². The van der Waals surface area contributed by atoms with Crippen molar-refractivity contribution in [2.75, 3.05) is 0 Å². The van der Waals surface area contributed by atoms with Crippen molar-refractivity contribution in [3.63, 3.8) is 0 Å². The number of aryl methyl sites for hydroxylation is 2. The number of thiophene rings is 1. The Balaban J connectivity index is 1.83. The predicted octanol–water partition coefficient (Wildman–Crippen LogP) is 2.90. The fourth-order valence-corrected chi connectivity index (χ4v) is 4.97. The summed E-state index contributed by atoms with van der Waals surface area (Å²) in [7, 11) is 1.74. The molecule has 5 nitrogen and oxygen atoms in total. The smallest absolute Gasteiger partial charge is 0.262 e. The van der Waals surface area contributed by atoms with Crippen LogP contribution in [0, 0.1) is 11.3 Å². The molecule has 23 heavy (non-hydrogen) atoms. The number of hydrogen-bond acceptors (Lipinski definition) is 6. The average Bonchev–Trinajstić information content (AvgIpc) is 3.13. The second kappa shape index (κ2) is 5.48. The Hall–Kier alpha value is -2.17. The molecule has 0 N–H and O–H groups in total. The van der Waals surface area contributed by atoms with Gasteiger partial charge in [0.1, 0.15) is 21.6 Å². The van der Waals surface area contributed by atoms with Crippen LogP contribution in [0.5, 0.6) is 0 Å². The van der Waals surface area contributed by atoms with Gasteiger partial charge in [-0.15, -0.1) is 11.3 Å². The van der Waals surface area contributed by atoms with Crippen molar-refractivity contribution < 1.29 is 0 Å². The summed E-state index contributed by atoms with van der Waals surface area (Å²) in [5.41, 5.74) is 1.56. The van der Waals surface area contributed by atoms with Gasteiger partial charge in [0.15, 0.2) is 5.16 Å². The third-order valence-corrected chi connectivity index (χ3v) is 6.11. The van der Waals surface area contributed by atoms with Crippen molar-refractivity contribution in [1.29, 1.82) is 5.26 Å². The maximum Gasteiger partial charge on any atom is 0.262 e. The zero-order valence-electron chi connectivity index (χ0n) is 12.4.